The third kappa shape index (κ3) is 7.65. The van der Waals surface area contributed by atoms with Gasteiger partial charge >= 0.3 is 7.18 Å². The summed E-state index contributed by atoms with van der Waals surface area (Å²) in [5, 5.41) is 0. The lowest BCUT2D eigenvalue weighted by molar-refractivity contribution is 0.224. The van der Waals surface area contributed by atoms with Crippen molar-refractivity contribution in [2.45, 2.75) is 0 Å². The van der Waals surface area contributed by atoms with Gasteiger partial charge in [-0.1, -0.05) is 22.2 Å². The molecule has 0 aliphatic rings. The van der Waals surface area contributed by atoms with Crippen LogP contribution in [0.5, 0.6) is 0 Å². The number of rotatable bonds is 6. The molecule has 11 heavy (non-hydrogen) atoms. The number of halogens is 4. The quantitative estimate of drug-likeness (QED) is 0.413. The minimum atomic E-state index is -2.97. The maximum atomic E-state index is 5.64. The zero-order chi connectivity index (χ0) is 8.74. The van der Waals surface area contributed by atoms with Gasteiger partial charge in [0.1, 0.15) is 0 Å². The second-order valence-electron chi connectivity index (χ2n) is 1.54. The van der Waals surface area contributed by atoms with Crippen molar-refractivity contribution in [1.29, 1.82) is 0 Å². The Balaban J connectivity index is 3.43. The van der Waals surface area contributed by atoms with Crippen molar-refractivity contribution in [3.63, 3.8) is 0 Å². The monoisotopic (exact) mass is 256 g/mol. The van der Waals surface area contributed by atoms with Crippen LogP contribution in [0.15, 0.2) is 0 Å². The number of alkyl halides is 2. The van der Waals surface area contributed by atoms with Gasteiger partial charge in [0.05, 0.1) is 13.2 Å². The van der Waals surface area contributed by atoms with Crippen LogP contribution in [0.1, 0.15) is 0 Å². The lowest BCUT2D eigenvalue weighted by Crippen LogP contribution is -2.31. The van der Waals surface area contributed by atoms with Crippen molar-refractivity contribution in [3.05, 3.63) is 0 Å². The van der Waals surface area contributed by atoms with Gasteiger partial charge < -0.3 is 8.85 Å². The van der Waals surface area contributed by atoms with Crippen LogP contribution < -0.4 is 0 Å². The maximum Gasteiger partial charge on any atom is 0.551 e. The molecule has 0 saturated carbocycles. The first-order valence-corrected chi connectivity index (χ1v) is 7.81. The Morgan fingerprint density at radius 1 is 0.909 bits per heavy atom. The predicted octanol–water partition coefficient (Wildman–Crippen LogP) is 2.41. The van der Waals surface area contributed by atoms with E-state index in [-0.39, 0.29) is 0 Å². The normalized spacial score (nSPS) is 12.0. The molecule has 0 N–H and O–H groups in total. The van der Waals surface area contributed by atoms with E-state index in [0.29, 0.717) is 25.0 Å². The molecule has 0 aromatic carbocycles. The van der Waals surface area contributed by atoms with Crippen LogP contribution in [0, 0.1) is 0 Å². The fourth-order valence-electron chi connectivity index (χ4n) is 0.356. The Labute approximate surface area is 86.3 Å². The third-order valence-corrected chi connectivity index (χ3v) is 3.39. The molecule has 0 heterocycles. The Bertz CT molecular complexity index is 92.1. The average molecular weight is 258 g/mol. The first-order valence-electron chi connectivity index (χ1n) is 2.90. The van der Waals surface area contributed by atoms with E-state index in [1.165, 1.54) is 0 Å². The highest BCUT2D eigenvalue weighted by molar-refractivity contribution is 7.39. The van der Waals surface area contributed by atoms with E-state index in [0.717, 1.165) is 0 Å². The molecule has 0 amide bonds. The lowest BCUT2D eigenvalue weighted by atomic mass is 10.9. The average Bonchev–Trinajstić information content (AvgIpc) is 1.97. The Kier molecular flexibility index (Phi) is 7.57. The summed E-state index contributed by atoms with van der Waals surface area (Å²) in [7, 11) is -2.97. The largest absolute Gasteiger partial charge is 0.551 e. The molecule has 0 aromatic heterocycles. The standard InChI is InChI=1S/C4H8Cl4O2Si/c5-1-3-9-11(7,8)10-4-2-6/h1-4H2. The molecule has 0 aliphatic heterocycles. The van der Waals surface area contributed by atoms with Crippen molar-refractivity contribution in [2.75, 3.05) is 25.0 Å². The van der Waals surface area contributed by atoms with E-state index in [2.05, 4.69) is 0 Å². The topological polar surface area (TPSA) is 18.5 Å². The van der Waals surface area contributed by atoms with Gasteiger partial charge in [-0.3, -0.25) is 0 Å². The van der Waals surface area contributed by atoms with Crippen LogP contribution in [0.3, 0.4) is 0 Å². The van der Waals surface area contributed by atoms with E-state index in [9.17, 15) is 0 Å². The van der Waals surface area contributed by atoms with Crippen molar-refractivity contribution < 1.29 is 8.85 Å². The summed E-state index contributed by atoms with van der Waals surface area (Å²) < 4.78 is 9.88. The Morgan fingerprint density at radius 3 is 1.55 bits per heavy atom. The molecule has 0 aliphatic carbocycles. The highest BCUT2D eigenvalue weighted by Crippen LogP contribution is 2.17. The predicted molar refractivity (Wildman–Crippen MR) is 50.8 cm³/mol. The minimum Gasteiger partial charge on any atom is -0.370 e. The van der Waals surface area contributed by atoms with Crippen LogP contribution in [0.25, 0.3) is 0 Å². The van der Waals surface area contributed by atoms with Crippen LogP contribution in [0.4, 0.5) is 0 Å². The SMILES string of the molecule is ClCCO[Si](Cl)(Cl)OCCCl. The fourth-order valence-corrected chi connectivity index (χ4v) is 2.46. The molecule has 0 aromatic rings. The van der Waals surface area contributed by atoms with Gasteiger partial charge in [0.2, 0.25) is 0 Å². The summed E-state index contributed by atoms with van der Waals surface area (Å²) in [6.07, 6.45) is 0. The zero-order valence-electron chi connectivity index (χ0n) is 5.66. The molecule has 7 heteroatoms. The third-order valence-electron chi connectivity index (χ3n) is 0.694. The molecule has 0 radical (unpaired) electrons. The Hall–Kier alpha value is 1.30. The maximum absolute atomic E-state index is 5.64. The van der Waals surface area contributed by atoms with Crippen LogP contribution in [-0.4, -0.2) is 32.2 Å². The smallest absolute Gasteiger partial charge is 0.370 e. The van der Waals surface area contributed by atoms with Gasteiger partial charge in [-0.25, -0.2) is 0 Å². The Morgan fingerprint density at radius 2 is 1.27 bits per heavy atom. The van der Waals surface area contributed by atoms with Crippen molar-refractivity contribution >= 4 is 52.5 Å². The fraction of sp³-hybridized carbons (Fsp3) is 1.00. The molecule has 0 unspecified atom stereocenters. The van der Waals surface area contributed by atoms with E-state index < -0.39 is 7.18 Å². The van der Waals surface area contributed by atoms with Gasteiger partial charge in [-0.15, -0.1) is 23.2 Å². The summed E-state index contributed by atoms with van der Waals surface area (Å²) in [4.78, 5) is 0. The first kappa shape index (κ1) is 12.3. The van der Waals surface area contributed by atoms with Crippen LogP contribution >= 0.6 is 45.4 Å². The molecule has 0 atom stereocenters. The second kappa shape index (κ2) is 6.77. The molecule has 0 fully saturated rings. The van der Waals surface area contributed by atoms with E-state index in [1.54, 1.807) is 0 Å². The summed E-state index contributed by atoms with van der Waals surface area (Å²) in [5.74, 6) is 0.691. The summed E-state index contributed by atoms with van der Waals surface area (Å²) in [6.45, 7) is 0.589. The van der Waals surface area contributed by atoms with E-state index >= 15 is 0 Å². The summed E-state index contributed by atoms with van der Waals surface area (Å²) in [6, 6.07) is 0. The molecule has 2 nitrogen and oxygen atoms in total. The van der Waals surface area contributed by atoms with E-state index in [1.807, 2.05) is 0 Å². The van der Waals surface area contributed by atoms with Crippen LogP contribution in [0.2, 0.25) is 0 Å². The summed E-state index contributed by atoms with van der Waals surface area (Å²) in [5.41, 5.74) is 0. The molecule has 0 spiro atoms. The molecule has 0 rings (SSSR count). The molecule has 68 valence electrons. The van der Waals surface area contributed by atoms with Gasteiger partial charge in [-0.05, 0) is 0 Å². The van der Waals surface area contributed by atoms with Gasteiger partial charge in [0.25, 0.3) is 0 Å². The molecular formula is C4H8Cl4O2Si. The molecule has 0 bridgehead atoms. The highest BCUT2D eigenvalue weighted by atomic mass is 35.7. The molecular weight excluding hydrogens is 250 g/mol. The highest BCUT2D eigenvalue weighted by Gasteiger charge is 2.33. The number of hydrogen-bond donors (Lipinski definition) is 0. The van der Waals surface area contributed by atoms with Gasteiger partial charge in [0.15, 0.2) is 0 Å². The van der Waals surface area contributed by atoms with Crippen LogP contribution in [-0.2, 0) is 8.85 Å². The van der Waals surface area contributed by atoms with E-state index in [4.69, 9.17) is 54.2 Å². The van der Waals surface area contributed by atoms with Crippen molar-refractivity contribution in [1.82, 2.24) is 0 Å². The minimum absolute atomic E-state index is 0.295. The van der Waals surface area contributed by atoms with Crippen molar-refractivity contribution in [3.8, 4) is 0 Å². The molecule has 0 saturated heterocycles. The second-order valence-corrected chi connectivity index (χ2v) is 7.36. The number of hydrogen-bond acceptors (Lipinski definition) is 2. The van der Waals surface area contributed by atoms with Crippen molar-refractivity contribution in [2.24, 2.45) is 0 Å². The first-order chi connectivity index (χ1) is 5.12. The lowest BCUT2D eigenvalue weighted by Gasteiger charge is -2.15. The zero-order valence-corrected chi connectivity index (χ0v) is 9.68. The summed E-state index contributed by atoms with van der Waals surface area (Å²) >= 11 is 22.0. The van der Waals surface area contributed by atoms with Gasteiger partial charge in [-0.2, -0.15) is 0 Å². The van der Waals surface area contributed by atoms with Gasteiger partial charge in [0, 0.05) is 11.8 Å².